The second-order valence-corrected chi connectivity index (χ2v) is 6.06. The molecule has 110 valence electrons. The number of benzene rings is 2. The summed E-state index contributed by atoms with van der Waals surface area (Å²) in [7, 11) is 2.02. The fourth-order valence-electron chi connectivity index (χ4n) is 3.00. The molecular weight excluding hydrogens is 256 g/mol. The van der Waals surface area contributed by atoms with E-state index in [1.165, 1.54) is 27.9 Å². The Morgan fingerprint density at radius 2 is 1.90 bits per heavy atom. The smallest absolute Gasteiger partial charge is 0.0429 e. The van der Waals surface area contributed by atoms with Crippen molar-refractivity contribution >= 4 is 5.69 Å². The molecule has 0 fully saturated rings. The maximum atomic E-state index is 3.32. The van der Waals surface area contributed by atoms with Crippen molar-refractivity contribution in [1.29, 1.82) is 0 Å². The summed E-state index contributed by atoms with van der Waals surface area (Å²) in [6.07, 6.45) is 1.16. The van der Waals surface area contributed by atoms with Crippen LogP contribution >= 0.6 is 0 Å². The molecule has 3 rings (SSSR count). The van der Waals surface area contributed by atoms with E-state index in [1.54, 1.807) is 0 Å². The van der Waals surface area contributed by atoms with Crippen molar-refractivity contribution in [3.8, 4) is 0 Å². The highest BCUT2D eigenvalue weighted by molar-refractivity contribution is 5.59. The number of nitrogens with zero attached hydrogens (tertiary/aromatic N) is 1. The molecule has 0 spiro atoms. The lowest BCUT2D eigenvalue weighted by Crippen LogP contribution is -2.19. The van der Waals surface area contributed by atoms with E-state index in [2.05, 4.69) is 66.5 Å². The van der Waals surface area contributed by atoms with E-state index in [-0.39, 0.29) is 0 Å². The quantitative estimate of drug-likeness (QED) is 0.915. The van der Waals surface area contributed by atoms with Crippen LogP contribution in [0.3, 0.4) is 0 Å². The summed E-state index contributed by atoms with van der Waals surface area (Å²) < 4.78 is 0. The number of aryl methyl sites for hydroxylation is 1. The molecule has 2 aromatic carbocycles. The van der Waals surface area contributed by atoms with Gasteiger partial charge in [-0.15, -0.1) is 0 Å². The monoisotopic (exact) mass is 280 g/mol. The predicted molar refractivity (Wildman–Crippen MR) is 89.8 cm³/mol. The third-order valence-electron chi connectivity index (χ3n) is 4.52. The molecule has 1 heterocycles. The van der Waals surface area contributed by atoms with Gasteiger partial charge >= 0.3 is 0 Å². The molecule has 2 heteroatoms. The van der Waals surface area contributed by atoms with Crippen molar-refractivity contribution < 1.29 is 0 Å². The van der Waals surface area contributed by atoms with Crippen LogP contribution in [0.25, 0.3) is 0 Å². The first-order valence-corrected chi connectivity index (χ1v) is 7.78. The maximum absolute atomic E-state index is 3.32. The second kappa shape index (κ2) is 5.90. The Hall–Kier alpha value is -1.80. The number of anilines is 1. The van der Waals surface area contributed by atoms with E-state index >= 15 is 0 Å². The van der Waals surface area contributed by atoms with Crippen LogP contribution in [0, 0.1) is 6.92 Å². The Morgan fingerprint density at radius 3 is 2.62 bits per heavy atom. The number of fused-ring (bicyclic) bond motifs is 1. The van der Waals surface area contributed by atoms with Gasteiger partial charge in [-0.3, -0.25) is 0 Å². The van der Waals surface area contributed by atoms with Crippen LogP contribution < -0.4 is 10.2 Å². The number of hydrogen-bond donors (Lipinski definition) is 1. The van der Waals surface area contributed by atoms with E-state index in [9.17, 15) is 0 Å². The number of nitrogens with one attached hydrogen (secondary N) is 1. The van der Waals surface area contributed by atoms with Crippen molar-refractivity contribution in [2.75, 3.05) is 18.5 Å². The van der Waals surface area contributed by atoms with Crippen molar-refractivity contribution in [3.05, 3.63) is 64.7 Å². The molecule has 1 unspecified atom stereocenters. The SMILES string of the molecule is CNC(C)c1ccc2c(c1)CCN2Cc1ccc(C)cc1. The lowest BCUT2D eigenvalue weighted by atomic mass is 10.0. The molecular formula is C19H24N2. The van der Waals surface area contributed by atoms with Crippen LogP contribution in [-0.4, -0.2) is 13.6 Å². The first-order chi connectivity index (χ1) is 10.2. The van der Waals surface area contributed by atoms with Gasteiger partial charge in [0.2, 0.25) is 0 Å². The lowest BCUT2D eigenvalue weighted by molar-refractivity contribution is 0.652. The molecule has 1 atom stereocenters. The molecule has 0 amide bonds. The highest BCUT2D eigenvalue weighted by atomic mass is 15.1. The summed E-state index contributed by atoms with van der Waals surface area (Å²) in [5.41, 5.74) is 6.99. The Kier molecular flexibility index (Phi) is 3.98. The topological polar surface area (TPSA) is 15.3 Å². The zero-order valence-electron chi connectivity index (χ0n) is 13.2. The summed E-state index contributed by atoms with van der Waals surface area (Å²) in [4.78, 5) is 2.49. The lowest BCUT2D eigenvalue weighted by Gasteiger charge is -2.20. The Bertz CT molecular complexity index is 616. The van der Waals surface area contributed by atoms with Gasteiger partial charge in [-0.1, -0.05) is 42.0 Å². The van der Waals surface area contributed by atoms with Gasteiger partial charge in [0.05, 0.1) is 0 Å². The van der Waals surface area contributed by atoms with Crippen LogP contribution in [0.15, 0.2) is 42.5 Å². The molecule has 0 radical (unpaired) electrons. The van der Waals surface area contributed by atoms with Gasteiger partial charge in [-0.2, -0.15) is 0 Å². The molecule has 0 aromatic heterocycles. The third-order valence-corrected chi connectivity index (χ3v) is 4.52. The fraction of sp³-hybridized carbons (Fsp3) is 0.368. The minimum Gasteiger partial charge on any atom is -0.367 e. The summed E-state index contributed by atoms with van der Waals surface area (Å²) in [5, 5.41) is 3.32. The Labute approximate surface area is 127 Å². The van der Waals surface area contributed by atoms with Gasteiger partial charge in [-0.05, 0) is 50.1 Å². The zero-order chi connectivity index (χ0) is 14.8. The van der Waals surface area contributed by atoms with Gasteiger partial charge in [0.15, 0.2) is 0 Å². The van der Waals surface area contributed by atoms with Crippen LogP contribution in [-0.2, 0) is 13.0 Å². The fourth-order valence-corrected chi connectivity index (χ4v) is 3.00. The van der Waals surface area contributed by atoms with E-state index < -0.39 is 0 Å². The average Bonchev–Trinajstić information content (AvgIpc) is 2.91. The van der Waals surface area contributed by atoms with Gasteiger partial charge < -0.3 is 10.2 Å². The molecule has 0 saturated carbocycles. The Morgan fingerprint density at radius 1 is 1.14 bits per heavy atom. The third kappa shape index (κ3) is 2.96. The molecule has 2 aromatic rings. The van der Waals surface area contributed by atoms with E-state index in [0.717, 1.165) is 19.5 Å². The number of rotatable bonds is 4. The van der Waals surface area contributed by atoms with Crippen LogP contribution in [0.1, 0.15) is 35.2 Å². The highest BCUT2D eigenvalue weighted by Crippen LogP contribution is 2.31. The van der Waals surface area contributed by atoms with Crippen molar-refractivity contribution in [2.45, 2.75) is 32.9 Å². The molecule has 1 N–H and O–H groups in total. The van der Waals surface area contributed by atoms with Crippen LogP contribution in [0.2, 0.25) is 0 Å². The highest BCUT2D eigenvalue weighted by Gasteiger charge is 2.20. The minimum absolute atomic E-state index is 0.418. The van der Waals surface area contributed by atoms with Gasteiger partial charge in [0.1, 0.15) is 0 Å². The maximum Gasteiger partial charge on any atom is 0.0429 e. The van der Waals surface area contributed by atoms with E-state index in [4.69, 9.17) is 0 Å². The van der Waals surface area contributed by atoms with Crippen molar-refractivity contribution in [3.63, 3.8) is 0 Å². The Balaban J connectivity index is 1.79. The standard InChI is InChI=1S/C19H24N2/c1-14-4-6-16(7-5-14)13-21-11-10-18-12-17(15(2)20-3)8-9-19(18)21/h4-9,12,15,20H,10-11,13H2,1-3H3. The van der Waals surface area contributed by atoms with Gasteiger partial charge in [-0.25, -0.2) is 0 Å². The predicted octanol–water partition coefficient (Wildman–Crippen LogP) is 3.84. The molecule has 0 bridgehead atoms. The summed E-state index contributed by atoms with van der Waals surface area (Å²) >= 11 is 0. The molecule has 21 heavy (non-hydrogen) atoms. The van der Waals surface area contributed by atoms with E-state index in [0.29, 0.717) is 6.04 Å². The van der Waals surface area contributed by atoms with Gasteiger partial charge in [0.25, 0.3) is 0 Å². The molecule has 1 aliphatic heterocycles. The van der Waals surface area contributed by atoms with Crippen molar-refractivity contribution in [1.82, 2.24) is 5.32 Å². The van der Waals surface area contributed by atoms with Crippen LogP contribution in [0.4, 0.5) is 5.69 Å². The minimum atomic E-state index is 0.418. The molecule has 0 saturated heterocycles. The van der Waals surface area contributed by atoms with Gasteiger partial charge in [0, 0.05) is 24.8 Å². The normalized spacial score (nSPS) is 15.1. The first kappa shape index (κ1) is 14.2. The summed E-state index contributed by atoms with van der Waals surface area (Å²) in [6, 6.07) is 16.2. The summed E-state index contributed by atoms with van der Waals surface area (Å²) in [6.45, 7) is 6.48. The summed E-state index contributed by atoms with van der Waals surface area (Å²) in [5.74, 6) is 0. The molecule has 1 aliphatic rings. The zero-order valence-corrected chi connectivity index (χ0v) is 13.2. The molecule has 2 nitrogen and oxygen atoms in total. The van der Waals surface area contributed by atoms with Crippen LogP contribution in [0.5, 0.6) is 0 Å². The van der Waals surface area contributed by atoms with E-state index in [1.807, 2.05) is 7.05 Å². The average molecular weight is 280 g/mol. The first-order valence-electron chi connectivity index (χ1n) is 7.78. The molecule has 0 aliphatic carbocycles. The number of hydrogen-bond acceptors (Lipinski definition) is 2. The van der Waals surface area contributed by atoms with Crippen molar-refractivity contribution in [2.24, 2.45) is 0 Å². The largest absolute Gasteiger partial charge is 0.367 e. The second-order valence-electron chi connectivity index (χ2n) is 6.06.